The molecular formula is C10H5BrF3NO2. The molecule has 7 heteroatoms. The Morgan fingerprint density at radius 2 is 1.71 bits per heavy atom. The molecule has 0 aliphatic carbocycles. The van der Waals surface area contributed by atoms with Gasteiger partial charge in [-0.05, 0) is 6.07 Å². The predicted octanol–water partition coefficient (Wildman–Crippen LogP) is 1.61. The van der Waals surface area contributed by atoms with Crippen molar-refractivity contribution in [1.29, 1.82) is 0 Å². The van der Waals surface area contributed by atoms with Crippen molar-refractivity contribution in [3.8, 4) is 0 Å². The molecule has 1 fully saturated rings. The Kier molecular flexibility index (Phi) is 2.94. The molecule has 90 valence electrons. The lowest BCUT2D eigenvalue weighted by Gasteiger charge is -2.11. The van der Waals surface area contributed by atoms with Gasteiger partial charge >= 0.3 is 0 Å². The van der Waals surface area contributed by atoms with Crippen LogP contribution in [-0.2, 0) is 9.59 Å². The number of rotatable bonds is 1. The fourth-order valence-electron chi connectivity index (χ4n) is 1.63. The maximum atomic E-state index is 13.5. The molecule has 2 rings (SSSR count). The Morgan fingerprint density at radius 1 is 1.06 bits per heavy atom. The second kappa shape index (κ2) is 4.14. The van der Waals surface area contributed by atoms with Gasteiger partial charge in [0, 0.05) is 5.56 Å². The molecular weight excluding hydrogens is 303 g/mol. The lowest BCUT2D eigenvalue weighted by molar-refractivity contribution is -0.125. The normalized spacial score (nSPS) is 24.0. The van der Waals surface area contributed by atoms with Gasteiger partial charge in [0.25, 0.3) is 0 Å². The summed E-state index contributed by atoms with van der Waals surface area (Å²) in [6.45, 7) is 0. The lowest BCUT2D eigenvalue weighted by atomic mass is 9.96. The third-order valence-electron chi connectivity index (χ3n) is 2.47. The van der Waals surface area contributed by atoms with Crippen LogP contribution in [0.3, 0.4) is 0 Å². The molecule has 2 atom stereocenters. The van der Waals surface area contributed by atoms with Crippen LogP contribution in [-0.4, -0.2) is 16.6 Å². The molecule has 1 saturated heterocycles. The molecule has 1 N–H and O–H groups in total. The third-order valence-corrected chi connectivity index (χ3v) is 3.42. The summed E-state index contributed by atoms with van der Waals surface area (Å²) in [6, 6.07) is 1.66. The number of carbonyl (C=O) groups excluding carboxylic acids is 2. The quantitative estimate of drug-likeness (QED) is 0.487. The van der Waals surface area contributed by atoms with E-state index in [1.807, 2.05) is 5.32 Å². The van der Waals surface area contributed by atoms with Crippen molar-refractivity contribution in [2.75, 3.05) is 0 Å². The zero-order valence-corrected chi connectivity index (χ0v) is 9.72. The van der Waals surface area contributed by atoms with Crippen LogP contribution in [0.5, 0.6) is 0 Å². The molecule has 1 aliphatic rings. The summed E-state index contributed by atoms with van der Waals surface area (Å²) in [5, 5.41) is 1.97. The second-order valence-corrected chi connectivity index (χ2v) is 4.48. The van der Waals surface area contributed by atoms with Crippen molar-refractivity contribution < 1.29 is 22.8 Å². The Labute approximate surface area is 102 Å². The summed E-state index contributed by atoms with van der Waals surface area (Å²) in [4.78, 5) is 21.6. The number of alkyl halides is 1. The van der Waals surface area contributed by atoms with E-state index in [1.54, 1.807) is 0 Å². The molecule has 1 aromatic rings. The van der Waals surface area contributed by atoms with Gasteiger partial charge < -0.3 is 0 Å². The Morgan fingerprint density at radius 3 is 2.24 bits per heavy atom. The molecule has 1 aromatic carbocycles. The van der Waals surface area contributed by atoms with Crippen LogP contribution >= 0.6 is 15.9 Å². The van der Waals surface area contributed by atoms with Crippen molar-refractivity contribution >= 4 is 27.7 Å². The smallest absolute Gasteiger partial charge is 0.241 e. The monoisotopic (exact) mass is 307 g/mol. The number of hydrogen-bond donors (Lipinski definition) is 1. The Balaban J connectivity index is 2.51. The number of hydrogen-bond acceptors (Lipinski definition) is 2. The molecule has 17 heavy (non-hydrogen) atoms. The van der Waals surface area contributed by atoms with E-state index < -0.39 is 40.0 Å². The van der Waals surface area contributed by atoms with E-state index in [-0.39, 0.29) is 5.56 Å². The molecule has 0 aromatic heterocycles. The van der Waals surface area contributed by atoms with Gasteiger partial charge in [0.1, 0.15) is 4.83 Å². The Bertz CT molecular complexity index is 521. The van der Waals surface area contributed by atoms with Crippen LogP contribution in [0.1, 0.15) is 11.5 Å². The first-order chi connectivity index (χ1) is 7.93. The van der Waals surface area contributed by atoms with E-state index in [0.29, 0.717) is 6.07 Å². The van der Waals surface area contributed by atoms with E-state index in [4.69, 9.17) is 0 Å². The molecule has 0 saturated carbocycles. The summed E-state index contributed by atoms with van der Waals surface area (Å²) in [7, 11) is 0. The molecule has 0 spiro atoms. The topological polar surface area (TPSA) is 46.2 Å². The highest BCUT2D eigenvalue weighted by atomic mass is 79.9. The van der Waals surface area contributed by atoms with E-state index in [9.17, 15) is 22.8 Å². The molecule has 2 amide bonds. The SMILES string of the molecule is O=C1NC(=O)C(c2ccc(F)c(F)c2F)C1Br. The van der Waals surface area contributed by atoms with Gasteiger partial charge in [-0.1, -0.05) is 22.0 Å². The van der Waals surface area contributed by atoms with Crippen molar-refractivity contribution in [2.45, 2.75) is 10.7 Å². The zero-order chi connectivity index (χ0) is 12.7. The number of amides is 2. The van der Waals surface area contributed by atoms with Crippen molar-refractivity contribution in [3.05, 3.63) is 35.1 Å². The van der Waals surface area contributed by atoms with Gasteiger partial charge in [0.05, 0.1) is 5.92 Å². The van der Waals surface area contributed by atoms with E-state index in [2.05, 4.69) is 15.9 Å². The fourth-order valence-corrected chi connectivity index (χ4v) is 2.27. The van der Waals surface area contributed by atoms with Crippen LogP contribution in [0.4, 0.5) is 13.2 Å². The molecule has 2 unspecified atom stereocenters. The van der Waals surface area contributed by atoms with Crippen LogP contribution in [0.2, 0.25) is 0 Å². The van der Waals surface area contributed by atoms with Gasteiger partial charge in [-0.25, -0.2) is 13.2 Å². The third kappa shape index (κ3) is 1.84. The predicted molar refractivity (Wildman–Crippen MR) is 54.9 cm³/mol. The number of benzene rings is 1. The number of nitrogens with one attached hydrogen (secondary N) is 1. The molecule has 0 bridgehead atoms. The molecule has 0 radical (unpaired) electrons. The van der Waals surface area contributed by atoms with Crippen molar-refractivity contribution in [2.24, 2.45) is 0 Å². The van der Waals surface area contributed by atoms with Crippen molar-refractivity contribution in [3.63, 3.8) is 0 Å². The van der Waals surface area contributed by atoms with Gasteiger partial charge in [-0.2, -0.15) is 0 Å². The first-order valence-electron chi connectivity index (χ1n) is 4.55. The fraction of sp³-hybridized carbons (Fsp3) is 0.200. The maximum absolute atomic E-state index is 13.5. The molecule has 1 heterocycles. The first kappa shape index (κ1) is 12.1. The summed E-state index contributed by atoms with van der Waals surface area (Å²) in [5.74, 6) is -7.04. The highest BCUT2D eigenvalue weighted by Gasteiger charge is 2.42. The average Bonchev–Trinajstić information content (AvgIpc) is 2.52. The first-order valence-corrected chi connectivity index (χ1v) is 5.47. The van der Waals surface area contributed by atoms with Gasteiger partial charge in [-0.15, -0.1) is 0 Å². The highest BCUT2D eigenvalue weighted by molar-refractivity contribution is 9.10. The average molecular weight is 308 g/mol. The summed E-state index contributed by atoms with van der Waals surface area (Å²) < 4.78 is 39.2. The van der Waals surface area contributed by atoms with Crippen LogP contribution in [0.25, 0.3) is 0 Å². The van der Waals surface area contributed by atoms with Gasteiger partial charge in [0.2, 0.25) is 11.8 Å². The minimum Gasteiger partial charge on any atom is -0.295 e. The molecule has 1 aliphatic heterocycles. The largest absolute Gasteiger partial charge is 0.295 e. The van der Waals surface area contributed by atoms with Gasteiger partial charge in [0.15, 0.2) is 17.5 Å². The highest BCUT2D eigenvalue weighted by Crippen LogP contribution is 2.32. The van der Waals surface area contributed by atoms with Crippen LogP contribution < -0.4 is 5.32 Å². The minimum atomic E-state index is -1.66. The summed E-state index contributed by atoms with van der Waals surface area (Å²) in [6.07, 6.45) is 0. The lowest BCUT2D eigenvalue weighted by Crippen LogP contribution is -2.22. The Hall–Kier alpha value is -1.37. The zero-order valence-electron chi connectivity index (χ0n) is 8.14. The maximum Gasteiger partial charge on any atom is 0.241 e. The number of carbonyl (C=O) groups is 2. The van der Waals surface area contributed by atoms with E-state index >= 15 is 0 Å². The van der Waals surface area contributed by atoms with Crippen LogP contribution in [0, 0.1) is 17.5 Å². The summed E-state index contributed by atoms with van der Waals surface area (Å²) in [5.41, 5.74) is -0.353. The number of imide groups is 1. The van der Waals surface area contributed by atoms with Crippen LogP contribution in [0.15, 0.2) is 12.1 Å². The van der Waals surface area contributed by atoms with Gasteiger partial charge in [-0.3, -0.25) is 14.9 Å². The van der Waals surface area contributed by atoms with E-state index in [0.717, 1.165) is 6.07 Å². The standard InChI is InChI=1S/C10H5BrF3NO2/c11-6-5(9(16)15-10(6)17)3-1-2-4(12)8(14)7(3)13/h1-2,5-6H,(H,15,16,17). The minimum absolute atomic E-state index is 0.353. The molecule has 3 nitrogen and oxygen atoms in total. The van der Waals surface area contributed by atoms with E-state index in [1.165, 1.54) is 0 Å². The summed E-state index contributed by atoms with van der Waals surface area (Å²) >= 11 is 2.91. The number of halogens is 4. The second-order valence-electron chi connectivity index (χ2n) is 3.50. The van der Waals surface area contributed by atoms with Crippen molar-refractivity contribution in [1.82, 2.24) is 5.32 Å².